The second kappa shape index (κ2) is 4.69. The van der Waals surface area contributed by atoms with E-state index in [1.54, 1.807) is 18.2 Å². The van der Waals surface area contributed by atoms with E-state index in [9.17, 15) is 4.79 Å². The molecular formula is C13H12N4O3. The fraction of sp³-hybridized carbons (Fsp3) is 0.154. The molecular weight excluding hydrogens is 260 g/mol. The van der Waals surface area contributed by atoms with Gasteiger partial charge in [0.15, 0.2) is 0 Å². The third kappa shape index (κ3) is 2.20. The zero-order valence-corrected chi connectivity index (χ0v) is 10.5. The van der Waals surface area contributed by atoms with E-state index in [1.807, 2.05) is 6.07 Å². The van der Waals surface area contributed by atoms with Crippen molar-refractivity contribution in [3.05, 3.63) is 36.0 Å². The lowest BCUT2D eigenvalue weighted by Gasteiger charge is -2.13. The highest BCUT2D eigenvalue weighted by molar-refractivity contribution is 5.89. The van der Waals surface area contributed by atoms with Gasteiger partial charge in [-0.3, -0.25) is 4.90 Å². The fourth-order valence-electron chi connectivity index (χ4n) is 2.17. The van der Waals surface area contributed by atoms with Gasteiger partial charge in [-0.1, -0.05) is 0 Å². The molecule has 7 heteroatoms. The normalized spacial score (nSPS) is 13.1. The minimum Gasteiger partial charge on any atom is -0.465 e. The van der Waals surface area contributed by atoms with Crippen LogP contribution in [0.3, 0.4) is 0 Å². The number of aromatic nitrogens is 2. The van der Waals surface area contributed by atoms with Crippen LogP contribution in [-0.4, -0.2) is 27.7 Å². The summed E-state index contributed by atoms with van der Waals surface area (Å²) in [5, 5.41) is 9.06. The molecule has 0 saturated heterocycles. The number of fused-ring (bicyclic) bond motifs is 1. The molecule has 0 fully saturated rings. The molecule has 2 aromatic rings. The highest BCUT2D eigenvalue weighted by atomic mass is 16.5. The Morgan fingerprint density at radius 3 is 3.00 bits per heavy atom. The number of carbonyl (C=O) groups is 1. The Kier molecular flexibility index (Phi) is 2.86. The first-order valence-electron chi connectivity index (χ1n) is 6.03. The number of anilines is 2. The van der Waals surface area contributed by atoms with Gasteiger partial charge in [-0.05, 0) is 30.2 Å². The summed E-state index contributed by atoms with van der Waals surface area (Å²) in [7, 11) is 0. The molecule has 2 heterocycles. The number of hydrogen-bond donors (Lipinski definition) is 2. The minimum absolute atomic E-state index is 0.140. The zero-order chi connectivity index (χ0) is 14.1. The zero-order valence-electron chi connectivity index (χ0n) is 10.5. The van der Waals surface area contributed by atoms with Gasteiger partial charge in [0, 0.05) is 18.8 Å². The molecule has 0 radical (unpaired) electrons. The van der Waals surface area contributed by atoms with Crippen molar-refractivity contribution in [1.29, 1.82) is 0 Å². The summed E-state index contributed by atoms with van der Waals surface area (Å²) in [4.78, 5) is 20.1. The lowest BCUT2D eigenvalue weighted by molar-refractivity contribution is 0.202. The molecule has 7 nitrogen and oxygen atoms in total. The van der Waals surface area contributed by atoms with E-state index in [4.69, 9.17) is 15.6 Å². The highest BCUT2D eigenvalue weighted by Crippen LogP contribution is 2.32. The van der Waals surface area contributed by atoms with Crippen LogP contribution < -0.4 is 15.4 Å². The van der Waals surface area contributed by atoms with Gasteiger partial charge in [0.25, 0.3) is 0 Å². The average molecular weight is 272 g/mol. The van der Waals surface area contributed by atoms with Crippen molar-refractivity contribution >= 4 is 17.7 Å². The van der Waals surface area contributed by atoms with Crippen LogP contribution in [0.5, 0.6) is 11.6 Å². The lowest BCUT2D eigenvalue weighted by Crippen LogP contribution is -2.26. The minimum atomic E-state index is -0.944. The molecule has 1 amide bonds. The van der Waals surface area contributed by atoms with Gasteiger partial charge in [0.05, 0.1) is 5.69 Å². The second-order valence-corrected chi connectivity index (χ2v) is 4.33. The molecule has 0 aliphatic carbocycles. The second-order valence-electron chi connectivity index (χ2n) is 4.33. The van der Waals surface area contributed by atoms with Gasteiger partial charge >= 0.3 is 6.09 Å². The van der Waals surface area contributed by atoms with Gasteiger partial charge in [-0.2, -0.15) is 4.98 Å². The molecule has 20 heavy (non-hydrogen) atoms. The molecule has 1 aromatic carbocycles. The molecule has 0 atom stereocenters. The van der Waals surface area contributed by atoms with Crippen LogP contribution >= 0.6 is 0 Å². The van der Waals surface area contributed by atoms with Gasteiger partial charge < -0.3 is 15.6 Å². The van der Waals surface area contributed by atoms with Crippen molar-refractivity contribution in [1.82, 2.24) is 9.97 Å². The number of benzene rings is 1. The molecule has 3 N–H and O–H groups in total. The van der Waals surface area contributed by atoms with Crippen LogP contribution in [0.2, 0.25) is 0 Å². The Labute approximate surface area is 114 Å². The molecule has 0 saturated carbocycles. The van der Waals surface area contributed by atoms with E-state index in [-0.39, 0.29) is 5.95 Å². The van der Waals surface area contributed by atoms with Crippen LogP contribution in [0, 0.1) is 0 Å². The van der Waals surface area contributed by atoms with Gasteiger partial charge in [-0.15, -0.1) is 0 Å². The maximum Gasteiger partial charge on any atom is 0.411 e. The largest absolute Gasteiger partial charge is 0.465 e. The molecule has 1 aliphatic rings. The van der Waals surface area contributed by atoms with E-state index in [0.717, 1.165) is 5.56 Å². The highest BCUT2D eigenvalue weighted by Gasteiger charge is 2.24. The Hall–Kier alpha value is -2.83. The van der Waals surface area contributed by atoms with Crippen LogP contribution in [0.4, 0.5) is 16.4 Å². The van der Waals surface area contributed by atoms with Crippen molar-refractivity contribution in [2.24, 2.45) is 0 Å². The summed E-state index contributed by atoms with van der Waals surface area (Å²) in [6.07, 6.45) is 1.24. The topological polar surface area (TPSA) is 102 Å². The lowest BCUT2D eigenvalue weighted by atomic mass is 10.1. The Balaban J connectivity index is 1.85. The van der Waals surface area contributed by atoms with Gasteiger partial charge in [0.2, 0.25) is 11.8 Å². The molecule has 3 rings (SSSR count). The van der Waals surface area contributed by atoms with Crippen LogP contribution in [0.15, 0.2) is 30.5 Å². The summed E-state index contributed by atoms with van der Waals surface area (Å²) in [5.41, 5.74) is 7.12. The Morgan fingerprint density at radius 2 is 2.25 bits per heavy atom. The van der Waals surface area contributed by atoms with E-state index < -0.39 is 6.09 Å². The number of nitrogens with zero attached hydrogens (tertiary/aromatic N) is 3. The molecule has 1 aromatic heterocycles. The fourth-order valence-corrected chi connectivity index (χ4v) is 2.17. The van der Waals surface area contributed by atoms with Crippen LogP contribution in [0.25, 0.3) is 0 Å². The molecule has 1 aliphatic heterocycles. The van der Waals surface area contributed by atoms with Gasteiger partial charge in [0.1, 0.15) is 5.75 Å². The SMILES string of the molecule is Nc1nccc(Oc2ccc3c(c2)CCN3C(=O)O)n1. The summed E-state index contributed by atoms with van der Waals surface area (Å²) >= 11 is 0. The van der Waals surface area contributed by atoms with Crippen molar-refractivity contribution in [3.8, 4) is 11.6 Å². The summed E-state index contributed by atoms with van der Waals surface area (Å²) in [6.45, 7) is 0.467. The summed E-state index contributed by atoms with van der Waals surface area (Å²) < 4.78 is 5.58. The number of rotatable bonds is 2. The van der Waals surface area contributed by atoms with Crippen molar-refractivity contribution in [3.63, 3.8) is 0 Å². The first-order chi connectivity index (χ1) is 9.63. The van der Waals surface area contributed by atoms with Crippen LogP contribution in [-0.2, 0) is 6.42 Å². The van der Waals surface area contributed by atoms with Crippen LogP contribution in [0.1, 0.15) is 5.56 Å². The van der Waals surface area contributed by atoms with Crippen molar-refractivity contribution in [2.75, 3.05) is 17.2 Å². The number of amides is 1. The first-order valence-corrected chi connectivity index (χ1v) is 6.03. The first kappa shape index (κ1) is 12.2. The van der Waals surface area contributed by atoms with E-state index in [2.05, 4.69) is 9.97 Å². The van der Waals surface area contributed by atoms with E-state index in [0.29, 0.717) is 30.3 Å². The Morgan fingerprint density at radius 1 is 1.40 bits per heavy atom. The van der Waals surface area contributed by atoms with Crippen molar-refractivity contribution in [2.45, 2.75) is 6.42 Å². The van der Waals surface area contributed by atoms with E-state index in [1.165, 1.54) is 11.1 Å². The standard InChI is InChI=1S/C13H12N4O3/c14-12-15-5-3-11(16-12)20-9-1-2-10-8(7-9)4-6-17(10)13(18)19/h1-3,5,7H,4,6H2,(H,18,19)(H2,14,15,16). The number of carboxylic acid groups (broad SMARTS) is 1. The average Bonchev–Trinajstić information content (AvgIpc) is 2.82. The predicted octanol–water partition coefficient (Wildman–Crippen LogP) is 1.89. The maximum atomic E-state index is 11.0. The monoisotopic (exact) mass is 272 g/mol. The maximum absolute atomic E-state index is 11.0. The summed E-state index contributed by atoms with van der Waals surface area (Å²) in [5.74, 6) is 1.08. The third-order valence-electron chi connectivity index (χ3n) is 3.05. The molecule has 0 spiro atoms. The predicted molar refractivity (Wildman–Crippen MR) is 72.0 cm³/mol. The van der Waals surface area contributed by atoms with Gasteiger partial charge in [-0.25, -0.2) is 9.78 Å². The number of hydrogen-bond acceptors (Lipinski definition) is 5. The molecule has 102 valence electrons. The Bertz CT molecular complexity index is 674. The smallest absolute Gasteiger partial charge is 0.411 e. The van der Waals surface area contributed by atoms with Crippen molar-refractivity contribution < 1.29 is 14.6 Å². The number of nitrogen functional groups attached to an aromatic ring is 1. The third-order valence-corrected chi connectivity index (χ3v) is 3.05. The quantitative estimate of drug-likeness (QED) is 0.865. The summed E-state index contributed by atoms with van der Waals surface area (Å²) in [6, 6.07) is 6.86. The molecule has 0 bridgehead atoms. The number of nitrogens with two attached hydrogens (primary N) is 1. The number of ether oxygens (including phenoxy) is 1. The molecule has 0 unspecified atom stereocenters. The van der Waals surface area contributed by atoms with E-state index >= 15 is 0 Å².